The predicted octanol–water partition coefficient (Wildman–Crippen LogP) is 2.25. The summed E-state index contributed by atoms with van der Waals surface area (Å²) in [4.78, 5) is 3.75. The second-order valence-electron chi connectivity index (χ2n) is 4.58. The van der Waals surface area contributed by atoms with Crippen LogP contribution in [0.1, 0.15) is 30.7 Å². The smallest absolute Gasteiger partial charge is 0.0599 e. The first-order valence-electron chi connectivity index (χ1n) is 6.42. The van der Waals surface area contributed by atoms with Gasteiger partial charge < -0.3 is 15.4 Å². The first-order chi connectivity index (χ1) is 8.29. The zero-order chi connectivity index (χ0) is 12.1. The summed E-state index contributed by atoms with van der Waals surface area (Å²) < 4.78 is 5.65. The van der Waals surface area contributed by atoms with E-state index in [4.69, 9.17) is 10.5 Å². The van der Waals surface area contributed by atoms with E-state index < -0.39 is 0 Å². The zero-order valence-electron chi connectivity index (χ0n) is 10.5. The third-order valence-electron chi connectivity index (χ3n) is 3.30. The van der Waals surface area contributed by atoms with Crippen molar-refractivity contribution in [3.63, 3.8) is 0 Å². The van der Waals surface area contributed by atoms with Gasteiger partial charge in [0.05, 0.1) is 12.1 Å². The Morgan fingerprint density at radius 2 is 2.29 bits per heavy atom. The molecule has 96 valence electrons. The maximum atomic E-state index is 6.20. The maximum Gasteiger partial charge on any atom is 0.0599 e. The molecule has 2 rings (SSSR count). The van der Waals surface area contributed by atoms with Crippen LogP contribution in [0.3, 0.4) is 0 Å². The molecular weight excluding hydrogens is 232 g/mol. The summed E-state index contributed by atoms with van der Waals surface area (Å²) in [5.41, 5.74) is 6.20. The fraction of sp³-hybridized carbons (Fsp3) is 0.692. The lowest BCUT2D eigenvalue weighted by molar-refractivity contribution is 0.0132. The average molecular weight is 254 g/mol. The molecule has 0 aliphatic carbocycles. The van der Waals surface area contributed by atoms with Gasteiger partial charge in [-0.05, 0) is 31.2 Å². The number of hydrogen-bond donors (Lipinski definition) is 1. The number of piperidine rings is 1. The van der Waals surface area contributed by atoms with Crippen LogP contribution in [-0.4, -0.2) is 37.2 Å². The van der Waals surface area contributed by atoms with Gasteiger partial charge in [0.25, 0.3) is 0 Å². The SMILES string of the molecule is CCOC1CCN(CC(N)c2cccs2)CC1. The molecule has 0 spiro atoms. The van der Waals surface area contributed by atoms with Gasteiger partial charge in [-0.1, -0.05) is 6.07 Å². The van der Waals surface area contributed by atoms with Crippen molar-refractivity contribution >= 4 is 11.3 Å². The molecule has 1 saturated heterocycles. The second-order valence-corrected chi connectivity index (χ2v) is 5.56. The third kappa shape index (κ3) is 3.78. The van der Waals surface area contributed by atoms with Gasteiger partial charge in [-0.2, -0.15) is 0 Å². The molecule has 4 heteroatoms. The molecule has 2 heterocycles. The Morgan fingerprint density at radius 1 is 1.53 bits per heavy atom. The average Bonchev–Trinajstić information content (AvgIpc) is 2.86. The van der Waals surface area contributed by atoms with Gasteiger partial charge in [-0.3, -0.25) is 0 Å². The van der Waals surface area contributed by atoms with Gasteiger partial charge in [0.15, 0.2) is 0 Å². The molecule has 1 aliphatic heterocycles. The van der Waals surface area contributed by atoms with Crippen molar-refractivity contribution in [2.24, 2.45) is 5.73 Å². The molecule has 0 saturated carbocycles. The minimum atomic E-state index is 0.165. The molecule has 0 aromatic carbocycles. The molecule has 17 heavy (non-hydrogen) atoms. The lowest BCUT2D eigenvalue weighted by atomic mass is 10.1. The van der Waals surface area contributed by atoms with E-state index in [0.29, 0.717) is 6.10 Å². The largest absolute Gasteiger partial charge is 0.378 e. The van der Waals surface area contributed by atoms with Gasteiger partial charge >= 0.3 is 0 Å². The van der Waals surface area contributed by atoms with Crippen LogP contribution >= 0.6 is 11.3 Å². The Balaban J connectivity index is 1.74. The predicted molar refractivity (Wildman–Crippen MR) is 72.3 cm³/mol. The number of likely N-dealkylation sites (tertiary alicyclic amines) is 1. The van der Waals surface area contributed by atoms with E-state index in [1.807, 2.05) is 0 Å². The topological polar surface area (TPSA) is 38.5 Å². The standard InChI is InChI=1S/C13H22N2OS/c1-2-16-11-5-7-15(8-6-11)10-12(14)13-4-3-9-17-13/h3-4,9,11-12H,2,5-8,10,14H2,1H3. The Bertz CT molecular complexity index is 307. The molecule has 0 bridgehead atoms. The van der Waals surface area contributed by atoms with Gasteiger partial charge in [-0.15, -0.1) is 11.3 Å². The number of rotatable bonds is 5. The quantitative estimate of drug-likeness (QED) is 0.876. The van der Waals surface area contributed by atoms with E-state index in [2.05, 4.69) is 29.3 Å². The number of ether oxygens (including phenoxy) is 1. The number of nitrogens with zero attached hydrogens (tertiary/aromatic N) is 1. The summed E-state index contributed by atoms with van der Waals surface area (Å²) in [6, 6.07) is 4.36. The van der Waals surface area contributed by atoms with Crippen LogP contribution in [-0.2, 0) is 4.74 Å². The Kier molecular flexibility index (Phi) is 4.98. The van der Waals surface area contributed by atoms with Crippen LogP contribution in [0.4, 0.5) is 0 Å². The van der Waals surface area contributed by atoms with Crippen molar-refractivity contribution in [3.05, 3.63) is 22.4 Å². The number of nitrogens with two attached hydrogens (primary N) is 1. The van der Waals surface area contributed by atoms with E-state index in [0.717, 1.165) is 39.1 Å². The van der Waals surface area contributed by atoms with Crippen molar-refractivity contribution < 1.29 is 4.74 Å². The van der Waals surface area contributed by atoms with E-state index in [1.54, 1.807) is 11.3 Å². The van der Waals surface area contributed by atoms with E-state index >= 15 is 0 Å². The Labute approximate surface area is 108 Å². The maximum absolute atomic E-state index is 6.20. The molecule has 1 aliphatic rings. The Morgan fingerprint density at radius 3 is 2.88 bits per heavy atom. The molecule has 3 nitrogen and oxygen atoms in total. The third-order valence-corrected chi connectivity index (χ3v) is 4.30. The summed E-state index contributed by atoms with van der Waals surface area (Å²) in [5, 5.41) is 2.09. The molecule has 1 aromatic rings. The van der Waals surface area contributed by atoms with Crippen molar-refractivity contribution in [3.8, 4) is 0 Å². The highest BCUT2D eigenvalue weighted by molar-refractivity contribution is 7.10. The molecule has 1 aromatic heterocycles. The number of hydrogen-bond acceptors (Lipinski definition) is 4. The summed E-state index contributed by atoms with van der Waals surface area (Å²) in [6.45, 7) is 6.10. The van der Waals surface area contributed by atoms with Crippen LogP contribution in [0.5, 0.6) is 0 Å². The van der Waals surface area contributed by atoms with E-state index in [9.17, 15) is 0 Å². The second kappa shape index (κ2) is 6.50. The Hall–Kier alpha value is -0.420. The molecule has 0 amide bonds. The first kappa shape index (κ1) is 13.0. The van der Waals surface area contributed by atoms with Gasteiger partial charge in [-0.25, -0.2) is 0 Å². The summed E-state index contributed by atoms with van der Waals surface area (Å²) in [5.74, 6) is 0. The lowest BCUT2D eigenvalue weighted by Crippen LogP contribution is -2.40. The van der Waals surface area contributed by atoms with E-state index in [1.165, 1.54) is 4.88 Å². The monoisotopic (exact) mass is 254 g/mol. The molecule has 1 fully saturated rings. The van der Waals surface area contributed by atoms with Crippen molar-refractivity contribution in [2.45, 2.75) is 31.9 Å². The van der Waals surface area contributed by atoms with Crippen LogP contribution in [0.2, 0.25) is 0 Å². The van der Waals surface area contributed by atoms with Crippen molar-refractivity contribution in [1.82, 2.24) is 4.90 Å². The summed E-state index contributed by atoms with van der Waals surface area (Å²) in [6.07, 6.45) is 2.75. The van der Waals surface area contributed by atoms with Gasteiger partial charge in [0.2, 0.25) is 0 Å². The normalized spacial score (nSPS) is 20.6. The molecule has 1 unspecified atom stereocenters. The highest BCUT2D eigenvalue weighted by Gasteiger charge is 2.21. The highest BCUT2D eigenvalue weighted by atomic mass is 32.1. The van der Waals surface area contributed by atoms with Crippen LogP contribution < -0.4 is 5.73 Å². The molecule has 2 N–H and O–H groups in total. The molecule has 1 atom stereocenters. The fourth-order valence-corrected chi connectivity index (χ4v) is 3.09. The minimum absolute atomic E-state index is 0.165. The van der Waals surface area contributed by atoms with Crippen LogP contribution in [0.25, 0.3) is 0 Å². The number of thiophene rings is 1. The fourth-order valence-electron chi connectivity index (χ4n) is 2.36. The summed E-state index contributed by atoms with van der Waals surface area (Å²) >= 11 is 1.75. The van der Waals surface area contributed by atoms with Gasteiger partial charge in [0.1, 0.15) is 0 Å². The molecular formula is C13H22N2OS. The zero-order valence-corrected chi connectivity index (χ0v) is 11.3. The first-order valence-corrected chi connectivity index (χ1v) is 7.30. The lowest BCUT2D eigenvalue weighted by Gasteiger charge is -2.33. The van der Waals surface area contributed by atoms with Gasteiger partial charge in [0, 0.05) is 31.1 Å². The highest BCUT2D eigenvalue weighted by Crippen LogP contribution is 2.20. The van der Waals surface area contributed by atoms with E-state index in [-0.39, 0.29) is 6.04 Å². The van der Waals surface area contributed by atoms with Crippen LogP contribution in [0, 0.1) is 0 Å². The molecule has 0 radical (unpaired) electrons. The summed E-state index contributed by atoms with van der Waals surface area (Å²) in [7, 11) is 0. The van der Waals surface area contributed by atoms with Crippen molar-refractivity contribution in [2.75, 3.05) is 26.2 Å². The van der Waals surface area contributed by atoms with Crippen LogP contribution in [0.15, 0.2) is 17.5 Å². The van der Waals surface area contributed by atoms with Crippen molar-refractivity contribution in [1.29, 1.82) is 0 Å². The minimum Gasteiger partial charge on any atom is -0.378 e.